The minimum Gasteiger partial charge on any atom is -0.383 e. The lowest BCUT2D eigenvalue weighted by Crippen LogP contribution is -2.47. The highest BCUT2D eigenvalue weighted by atomic mass is 16.2. The van der Waals surface area contributed by atoms with E-state index in [0.717, 1.165) is 18.5 Å². The molecule has 1 fully saturated rings. The number of hydrogen-bond acceptors (Lipinski definition) is 6. The van der Waals surface area contributed by atoms with Gasteiger partial charge in [0.05, 0.1) is 40.7 Å². The molecule has 4 rings (SSSR count). The normalized spacial score (nSPS) is 19.4. The molecule has 2 atom stereocenters. The van der Waals surface area contributed by atoms with Crippen molar-refractivity contribution in [1.82, 2.24) is 29.9 Å². The molecule has 4 heterocycles. The van der Waals surface area contributed by atoms with Crippen LogP contribution in [-0.4, -0.2) is 48.2 Å². The Balaban J connectivity index is 1.60. The molecule has 1 aliphatic heterocycles. The molecule has 1 aliphatic rings. The van der Waals surface area contributed by atoms with Crippen molar-refractivity contribution >= 4 is 34.2 Å². The number of aromatic amines is 1. The molecule has 158 valence electrons. The summed E-state index contributed by atoms with van der Waals surface area (Å²) in [7, 11) is 0. The maximum absolute atomic E-state index is 13.2. The van der Waals surface area contributed by atoms with E-state index in [4.69, 9.17) is 5.73 Å². The molecule has 0 radical (unpaired) electrons. The first-order chi connectivity index (χ1) is 14.4. The van der Waals surface area contributed by atoms with Crippen molar-refractivity contribution in [2.45, 2.75) is 45.7 Å². The average molecular weight is 410 g/mol. The van der Waals surface area contributed by atoms with Gasteiger partial charge in [-0.05, 0) is 38.7 Å². The largest absolute Gasteiger partial charge is 0.383 e. The quantitative estimate of drug-likeness (QED) is 0.567. The number of anilines is 2. The van der Waals surface area contributed by atoms with E-state index in [0.29, 0.717) is 34.9 Å². The van der Waals surface area contributed by atoms with Crippen molar-refractivity contribution < 1.29 is 9.59 Å². The second-order valence-corrected chi connectivity index (χ2v) is 8.12. The first kappa shape index (κ1) is 19.9. The van der Waals surface area contributed by atoms with Gasteiger partial charge in [-0.1, -0.05) is 6.92 Å². The minimum absolute atomic E-state index is 0.162. The monoisotopic (exact) mass is 410 g/mol. The maximum atomic E-state index is 13.2. The van der Waals surface area contributed by atoms with Crippen molar-refractivity contribution in [1.29, 1.82) is 0 Å². The number of H-pyrrole nitrogens is 1. The van der Waals surface area contributed by atoms with Gasteiger partial charge < -0.3 is 16.0 Å². The highest BCUT2D eigenvalue weighted by Crippen LogP contribution is 2.34. The second-order valence-electron chi connectivity index (χ2n) is 8.12. The molecule has 0 aliphatic carbocycles. The fourth-order valence-electron chi connectivity index (χ4n) is 4.06. The van der Waals surface area contributed by atoms with Crippen LogP contribution in [0.1, 0.15) is 51.4 Å². The fourth-order valence-corrected chi connectivity index (χ4v) is 4.06. The van der Waals surface area contributed by atoms with Crippen molar-refractivity contribution in [3.63, 3.8) is 0 Å². The van der Waals surface area contributed by atoms with Gasteiger partial charge in [0.1, 0.15) is 5.82 Å². The Morgan fingerprint density at radius 3 is 2.87 bits per heavy atom. The van der Waals surface area contributed by atoms with Gasteiger partial charge in [0, 0.05) is 18.8 Å². The predicted octanol–water partition coefficient (Wildman–Crippen LogP) is 2.26. The van der Waals surface area contributed by atoms with Crippen LogP contribution in [0.25, 0.3) is 10.9 Å². The Kier molecular flexibility index (Phi) is 5.15. The molecule has 3 aromatic rings. The zero-order valence-electron chi connectivity index (χ0n) is 17.3. The number of fused-ring (bicyclic) bond motifs is 1. The Morgan fingerprint density at radius 1 is 1.30 bits per heavy atom. The number of piperidine rings is 1. The van der Waals surface area contributed by atoms with Crippen LogP contribution in [-0.2, 0) is 9.59 Å². The van der Waals surface area contributed by atoms with E-state index < -0.39 is 11.8 Å². The van der Waals surface area contributed by atoms with Crippen molar-refractivity contribution in [3.8, 4) is 0 Å². The van der Waals surface area contributed by atoms with E-state index in [1.54, 1.807) is 11.1 Å². The lowest BCUT2D eigenvalue weighted by Gasteiger charge is -2.38. The Bertz CT molecular complexity index is 1090. The average Bonchev–Trinajstić information content (AvgIpc) is 3.39. The van der Waals surface area contributed by atoms with Crippen LogP contribution < -0.4 is 11.1 Å². The molecule has 4 N–H and O–H groups in total. The smallest absolute Gasteiger partial charge is 0.314 e. The Morgan fingerprint density at radius 2 is 2.10 bits per heavy atom. The highest BCUT2D eigenvalue weighted by molar-refractivity contribution is 6.40. The van der Waals surface area contributed by atoms with Crippen LogP contribution in [0, 0.1) is 5.92 Å². The number of rotatable bonds is 3. The third-order valence-corrected chi connectivity index (χ3v) is 5.57. The lowest BCUT2D eigenvalue weighted by molar-refractivity contribution is -0.146. The SMILES string of the molecule is CC(C)n1nccc1[C@H]1CC[C@H](C)CN1C(=O)C(=O)Nc1cnc(N)c2cn[nH]c12. The molecule has 10 heteroatoms. The number of carbonyl (C=O) groups excluding carboxylic acids is 2. The van der Waals surface area contributed by atoms with Gasteiger partial charge in [-0.2, -0.15) is 10.2 Å². The van der Waals surface area contributed by atoms with E-state index in [1.807, 2.05) is 24.6 Å². The van der Waals surface area contributed by atoms with Crippen molar-refractivity contribution in [3.05, 3.63) is 30.4 Å². The minimum atomic E-state index is -0.716. The van der Waals surface area contributed by atoms with E-state index in [2.05, 4.69) is 32.5 Å². The molecule has 3 aromatic heterocycles. The van der Waals surface area contributed by atoms with Crippen LogP contribution in [0.15, 0.2) is 24.7 Å². The van der Waals surface area contributed by atoms with Crippen molar-refractivity contribution in [2.24, 2.45) is 5.92 Å². The zero-order chi connectivity index (χ0) is 21.4. The van der Waals surface area contributed by atoms with Crippen LogP contribution in [0.2, 0.25) is 0 Å². The lowest BCUT2D eigenvalue weighted by atomic mass is 9.92. The molecule has 0 unspecified atom stereocenters. The number of hydrogen-bond donors (Lipinski definition) is 3. The van der Waals surface area contributed by atoms with Gasteiger partial charge >= 0.3 is 11.8 Å². The van der Waals surface area contributed by atoms with E-state index in [9.17, 15) is 9.59 Å². The highest BCUT2D eigenvalue weighted by Gasteiger charge is 2.36. The molecule has 0 aromatic carbocycles. The molecule has 10 nitrogen and oxygen atoms in total. The number of carbonyl (C=O) groups is 2. The number of nitrogens with one attached hydrogen (secondary N) is 2. The first-order valence-corrected chi connectivity index (χ1v) is 10.1. The summed E-state index contributed by atoms with van der Waals surface area (Å²) in [5.74, 6) is -0.680. The number of likely N-dealkylation sites (tertiary alicyclic amines) is 1. The summed E-state index contributed by atoms with van der Waals surface area (Å²) in [5.41, 5.74) is 7.68. The molecule has 30 heavy (non-hydrogen) atoms. The van der Waals surface area contributed by atoms with Crippen LogP contribution in [0.3, 0.4) is 0 Å². The van der Waals surface area contributed by atoms with Gasteiger partial charge in [0.15, 0.2) is 0 Å². The summed E-state index contributed by atoms with van der Waals surface area (Å²) in [5, 5.41) is 14.4. The molecular formula is C20H26N8O2. The van der Waals surface area contributed by atoms with E-state index >= 15 is 0 Å². The van der Waals surface area contributed by atoms with Crippen molar-refractivity contribution in [2.75, 3.05) is 17.6 Å². The van der Waals surface area contributed by atoms with Gasteiger partial charge in [-0.25, -0.2) is 4.98 Å². The van der Waals surface area contributed by atoms with Gasteiger partial charge in [-0.15, -0.1) is 0 Å². The van der Waals surface area contributed by atoms with Crippen LogP contribution in [0.4, 0.5) is 11.5 Å². The number of amides is 2. The summed E-state index contributed by atoms with van der Waals surface area (Å²) in [6.07, 6.45) is 6.46. The zero-order valence-corrected chi connectivity index (χ0v) is 17.3. The summed E-state index contributed by atoms with van der Waals surface area (Å²) in [4.78, 5) is 31.8. The van der Waals surface area contributed by atoms with E-state index in [-0.39, 0.29) is 12.1 Å². The van der Waals surface area contributed by atoms with Gasteiger partial charge in [0.2, 0.25) is 0 Å². The molecular weight excluding hydrogens is 384 g/mol. The van der Waals surface area contributed by atoms with Crippen LogP contribution in [0.5, 0.6) is 0 Å². The van der Waals surface area contributed by atoms with Gasteiger partial charge in [0.25, 0.3) is 0 Å². The topological polar surface area (TPSA) is 135 Å². The maximum Gasteiger partial charge on any atom is 0.314 e. The third-order valence-electron chi connectivity index (χ3n) is 5.57. The molecule has 0 bridgehead atoms. The van der Waals surface area contributed by atoms with Crippen LogP contribution >= 0.6 is 0 Å². The Hall–Kier alpha value is -3.43. The molecule has 0 spiro atoms. The third kappa shape index (κ3) is 3.49. The number of aromatic nitrogens is 5. The second kappa shape index (κ2) is 7.77. The summed E-state index contributed by atoms with van der Waals surface area (Å²) >= 11 is 0. The summed E-state index contributed by atoms with van der Waals surface area (Å²) in [6.45, 7) is 6.70. The Labute approximate surface area is 173 Å². The standard InChI is InChI=1S/C20H26N8O2/c1-11(2)28-16(6-7-24-28)15-5-4-12(3)10-27(15)20(30)19(29)25-14-9-22-18(21)13-8-23-26-17(13)14/h6-9,11-12,15H,4-5,10H2,1-3H3,(H2,21,22)(H,23,26)(H,25,29)/t12-,15+/m0/s1. The predicted molar refractivity (Wildman–Crippen MR) is 112 cm³/mol. The molecule has 0 saturated carbocycles. The number of nitrogen functional groups attached to an aromatic ring is 1. The molecule has 1 saturated heterocycles. The van der Waals surface area contributed by atoms with E-state index in [1.165, 1.54) is 12.4 Å². The summed E-state index contributed by atoms with van der Waals surface area (Å²) < 4.78 is 1.91. The van der Waals surface area contributed by atoms with Gasteiger partial charge in [-0.3, -0.25) is 19.4 Å². The first-order valence-electron chi connectivity index (χ1n) is 10.1. The molecule has 2 amide bonds. The number of pyridine rings is 1. The number of nitrogens with zero attached hydrogens (tertiary/aromatic N) is 5. The fraction of sp³-hybridized carbons (Fsp3) is 0.450. The summed E-state index contributed by atoms with van der Waals surface area (Å²) in [6, 6.07) is 1.90. The number of nitrogens with two attached hydrogens (primary N) is 1.